The molecule has 6 nitrogen and oxygen atoms in total. The van der Waals surface area contributed by atoms with Crippen molar-refractivity contribution in [1.82, 2.24) is 14.7 Å². The van der Waals surface area contributed by atoms with Crippen molar-refractivity contribution in [2.45, 2.75) is 25.4 Å². The number of hydrogen-bond acceptors (Lipinski definition) is 5. The lowest BCUT2D eigenvalue weighted by Gasteiger charge is -2.27. The Hall–Kier alpha value is -1.44. The first-order chi connectivity index (χ1) is 12.4. The minimum Gasteiger partial charge on any atom is -0.341 e. The number of rotatable bonds is 5. The average Bonchev–Trinajstić information content (AvgIpc) is 2.84. The van der Waals surface area contributed by atoms with Gasteiger partial charge in [0.15, 0.2) is 9.84 Å². The van der Waals surface area contributed by atoms with Crippen LogP contribution in [0.5, 0.6) is 0 Å². The van der Waals surface area contributed by atoms with Gasteiger partial charge in [0.25, 0.3) is 0 Å². The predicted molar refractivity (Wildman–Crippen MR) is 103 cm³/mol. The maximum absolute atomic E-state index is 12.6. The third-order valence-corrected chi connectivity index (χ3v) is 7.19. The molecule has 2 fully saturated rings. The molecule has 0 N–H and O–H groups in total. The van der Waals surface area contributed by atoms with Crippen LogP contribution in [-0.4, -0.2) is 86.3 Å². The molecule has 1 atom stereocenters. The van der Waals surface area contributed by atoms with E-state index in [2.05, 4.69) is 34.1 Å². The van der Waals surface area contributed by atoms with Crippen molar-refractivity contribution in [1.29, 1.82) is 0 Å². The molecule has 0 aliphatic carbocycles. The van der Waals surface area contributed by atoms with Gasteiger partial charge in [0.2, 0.25) is 5.91 Å². The average molecular weight is 380 g/mol. The zero-order valence-corrected chi connectivity index (χ0v) is 16.3. The van der Waals surface area contributed by atoms with Crippen LogP contribution in [0.4, 0.5) is 0 Å². The first-order valence-corrected chi connectivity index (χ1v) is 11.2. The number of carbonyl (C=O) groups is 1. The molecular weight excluding hydrogens is 350 g/mol. The number of sulfone groups is 1. The summed E-state index contributed by atoms with van der Waals surface area (Å²) in [6, 6.07) is 10.3. The van der Waals surface area contributed by atoms with Gasteiger partial charge in [-0.05, 0) is 31.5 Å². The van der Waals surface area contributed by atoms with E-state index in [1.165, 1.54) is 5.56 Å². The Kier molecular flexibility index (Phi) is 6.32. The third-order valence-electron chi connectivity index (χ3n) is 5.44. The summed E-state index contributed by atoms with van der Waals surface area (Å²) in [4.78, 5) is 18.9. The summed E-state index contributed by atoms with van der Waals surface area (Å²) in [7, 11) is -1.22. The smallest absolute Gasteiger partial charge is 0.236 e. The Labute approximate surface area is 156 Å². The highest BCUT2D eigenvalue weighted by Crippen LogP contribution is 2.17. The Morgan fingerprint density at radius 2 is 1.81 bits per heavy atom. The van der Waals surface area contributed by atoms with Crippen LogP contribution in [-0.2, 0) is 21.2 Å². The van der Waals surface area contributed by atoms with Gasteiger partial charge in [0.05, 0.1) is 18.1 Å². The van der Waals surface area contributed by atoms with Gasteiger partial charge in [0.1, 0.15) is 0 Å². The van der Waals surface area contributed by atoms with Gasteiger partial charge in [-0.3, -0.25) is 14.6 Å². The number of amides is 1. The van der Waals surface area contributed by atoms with E-state index in [4.69, 9.17) is 0 Å². The topological polar surface area (TPSA) is 60.9 Å². The molecule has 0 spiro atoms. The fourth-order valence-electron chi connectivity index (χ4n) is 3.77. The molecule has 0 saturated carbocycles. The lowest BCUT2D eigenvalue weighted by Crippen LogP contribution is -2.44. The van der Waals surface area contributed by atoms with Crippen molar-refractivity contribution in [2.24, 2.45) is 0 Å². The number of hydrogen-bond donors (Lipinski definition) is 0. The molecule has 3 rings (SSSR count). The number of nitrogens with zero attached hydrogens (tertiary/aromatic N) is 3. The summed E-state index contributed by atoms with van der Waals surface area (Å²) in [5.74, 6) is 0.344. The molecule has 1 aromatic carbocycles. The second-order valence-corrected chi connectivity index (χ2v) is 9.68. The first-order valence-electron chi connectivity index (χ1n) is 9.38. The SMILES string of the molecule is CN(C(=O)CN1CCCN(Cc2ccccc2)CC1)[C@@H]1CCS(=O)(=O)C1. The molecule has 2 aliphatic heterocycles. The summed E-state index contributed by atoms with van der Waals surface area (Å²) < 4.78 is 23.3. The lowest BCUT2D eigenvalue weighted by atomic mass is 10.2. The minimum atomic E-state index is -2.96. The zero-order valence-electron chi connectivity index (χ0n) is 15.5. The van der Waals surface area contributed by atoms with Crippen molar-refractivity contribution in [3.63, 3.8) is 0 Å². The van der Waals surface area contributed by atoms with E-state index >= 15 is 0 Å². The second kappa shape index (κ2) is 8.50. The van der Waals surface area contributed by atoms with Crippen molar-refractivity contribution >= 4 is 15.7 Å². The Bertz CT molecular complexity index is 708. The van der Waals surface area contributed by atoms with Crippen LogP contribution >= 0.6 is 0 Å². The van der Waals surface area contributed by atoms with E-state index in [1.807, 2.05) is 6.07 Å². The molecule has 2 heterocycles. The normalized spacial score (nSPS) is 24.3. The van der Waals surface area contributed by atoms with Crippen LogP contribution < -0.4 is 0 Å². The van der Waals surface area contributed by atoms with E-state index in [0.29, 0.717) is 13.0 Å². The summed E-state index contributed by atoms with van der Waals surface area (Å²) in [6.45, 7) is 5.10. The highest BCUT2D eigenvalue weighted by Gasteiger charge is 2.33. The minimum absolute atomic E-state index is 0.0311. The van der Waals surface area contributed by atoms with Gasteiger partial charge in [-0.1, -0.05) is 30.3 Å². The molecule has 144 valence electrons. The molecule has 0 aromatic heterocycles. The van der Waals surface area contributed by atoms with Crippen molar-refractivity contribution < 1.29 is 13.2 Å². The van der Waals surface area contributed by atoms with E-state index in [9.17, 15) is 13.2 Å². The maximum atomic E-state index is 12.6. The predicted octanol–water partition coefficient (Wildman–Crippen LogP) is 0.840. The summed E-state index contributed by atoms with van der Waals surface area (Å²) in [5.41, 5.74) is 1.32. The van der Waals surface area contributed by atoms with Crippen LogP contribution in [0.15, 0.2) is 30.3 Å². The Balaban J connectivity index is 1.47. The molecule has 2 saturated heterocycles. The van der Waals surface area contributed by atoms with E-state index in [1.54, 1.807) is 11.9 Å². The molecule has 0 radical (unpaired) electrons. The first kappa shape index (κ1) is 19.3. The quantitative estimate of drug-likeness (QED) is 0.759. The third kappa shape index (κ3) is 5.28. The van der Waals surface area contributed by atoms with E-state index in [0.717, 1.165) is 39.1 Å². The molecule has 1 amide bonds. The Morgan fingerprint density at radius 3 is 2.50 bits per heavy atom. The highest BCUT2D eigenvalue weighted by molar-refractivity contribution is 7.91. The maximum Gasteiger partial charge on any atom is 0.236 e. The molecule has 0 unspecified atom stereocenters. The second-order valence-electron chi connectivity index (χ2n) is 7.45. The number of benzene rings is 1. The molecule has 1 aromatic rings. The van der Waals surface area contributed by atoms with Crippen LogP contribution in [0, 0.1) is 0 Å². The number of likely N-dealkylation sites (N-methyl/N-ethyl adjacent to an activating group) is 1. The van der Waals surface area contributed by atoms with Crippen molar-refractivity contribution in [3.05, 3.63) is 35.9 Å². The molecular formula is C19H29N3O3S. The standard InChI is InChI=1S/C19H29N3O3S/c1-20(18-8-13-26(24,25)16-18)19(23)15-22-10-5-9-21(11-12-22)14-17-6-3-2-4-7-17/h2-4,6-7,18H,5,8-16H2,1H3/t18-/m1/s1. The van der Waals surface area contributed by atoms with Gasteiger partial charge in [-0.15, -0.1) is 0 Å². The zero-order chi connectivity index (χ0) is 18.6. The highest BCUT2D eigenvalue weighted by atomic mass is 32.2. The lowest BCUT2D eigenvalue weighted by molar-refractivity contribution is -0.132. The molecule has 2 aliphatic rings. The summed E-state index contributed by atoms with van der Waals surface area (Å²) in [6.07, 6.45) is 1.61. The fourth-order valence-corrected chi connectivity index (χ4v) is 5.54. The fraction of sp³-hybridized carbons (Fsp3) is 0.632. The monoisotopic (exact) mass is 379 g/mol. The van der Waals surface area contributed by atoms with Crippen LogP contribution in [0.25, 0.3) is 0 Å². The molecule has 7 heteroatoms. The van der Waals surface area contributed by atoms with Crippen LogP contribution in [0.2, 0.25) is 0 Å². The van der Waals surface area contributed by atoms with Gasteiger partial charge in [-0.25, -0.2) is 8.42 Å². The van der Waals surface area contributed by atoms with Gasteiger partial charge in [-0.2, -0.15) is 0 Å². The number of carbonyl (C=O) groups excluding carboxylic acids is 1. The van der Waals surface area contributed by atoms with Gasteiger partial charge in [0, 0.05) is 32.7 Å². The van der Waals surface area contributed by atoms with Gasteiger partial charge < -0.3 is 4.90 Å². The molecule has 0 bridgehead atoms. The van der Waals surface area contributed by atoms with E-state index in [-0.39, 0.29) is 23.5 Å². The van der Waals surface area contributed by atoms with Gasteiger partial charge >= 0.3 is 0 Å². The van der Waals surface area contributed by atoms with Crippen molar-refractivity contribution in [2.75, 3.05) is 51.3 Å². The van der Waals surface area contributed by atoms with Crippen LogP contribution in [0.1, 0.15) is 18.4 Å². The largest absolute Gasteiger partial charge is 0.341 e. The molecule has 26 heavy (non-hydrogen) atoms. The van der Waals surface area contributed by atoms with Crippen molar-refractivity contribution in [3.8, 4) is 0 Å². The summed E-state index contributed by atoms with van der Waals surface area (Å²) in [5, 5.41) is 0. The van der Waals surface area contributed by atoms with Crippen LogP contribution in [0.3, 0.4) is 0 Å². The Morgan fingerprint density at radius 1 is 1.12 bits per heavy atom. The summed E-state index contributed by atoms with van der Waals surface area (Å²) >= 11 is 0. The van der Waals surface area contributed by atoms with E-state index < -0.39 is 9.84 Å².